The number of carbonyl (C=O) groups is 1. The van der Waals surface area contributed by atoms with E-state index in [2.05, 4.69) is 22.2 Å². The van der Waals surface area contributed by atoms with Gasteiger partial charge in [0, 0.05) is 32.7 Å². The maximum Gasteiger partial charge on any atom is 0.261 e. The summed E-state index contributed by atoms with van der Waals surface area (Å²) in [5.74, 6) is 0.0831. The van der Waals surface area contributed by atoms with E-state index in [1.807, 2.05) is 6.92 Å². The number of benzene rings is 1. The Morgan fingerprint density at radius 3 is 2.54 bits per heavy atom. The number of carbonyl (C=O) groups excluding carboxylic acids is 1. The molecule has 1 atom stereocenters. The first-order valence-electron chi connectivity index (χ1n) is 8.69. The highest BCUT2D eigenvalue weighted by Crippen LogP contribution is 2.14. The lowest BCUT2D eigenvalue weighted by Crippen LogP contribution is -2.45. The Balaban J connectivity index is 1.67. The Kier molecular flexibility index (Phi) is 7.46. The van der Waals surface area contributed by atoms with E-state index >= 15 is 0 Å². The summed E-state index contributed by atoms with van der Waals surface area (Å²) in [5, 5.41) is 2.94. The predicted molar refractivity (Wildman–Crippen MR) is 92.7 cm³/mol. The van der Waals surface area contributed by atoms with E-state index in [4.69, 9.17) is 4.74 Å². The average Bonchev–Trinajstić information content (AvgIpc) is 2.59. The fraction of sp³-hybridized carbons (Fsp3) is 0.611. The van der Waals surface area contributed by atoms with E-state index in [9.17, 15) is 9.18 Å². The van der Waals surface area contributed by atoms with E-state index in [-0.39, 0.29) is 11.7 Å². The number of hydrogen-bond donors (Lipinski definition) is 1. The number of nitrogens with one attached hydrogen (secondary N) is 1. The topological polar surface area (TPSA) is 44.8 Å². The van der Waals surface area contributed by atoms with Gasteiger partial charge in [-0.15, -0.1) is 0 Å². The fourth-order valence-electron chi connectivity index (χ4n) is 2.70. The van der Waals surface area contributed by atoms with Gasteiger partial charge < -0.3 is 19.9 Å². The summed E-state index contributed by atoms with van der Waals surface area (Å²) in [6.07, 6.45) is 0.962. The van der Waals surface area contributed by atoms with Gasteiger partial charge in [-0.3, -0.25) is 4.79 Å². The second-order valence-electron chi connectivity index (χ2n) is 6.26. The lowest BCUT2D eigenvalue weighted by atomic mass is 10.2. The molecule has 1 amide bonds. The van der Waals surface area contributed by atoms with Crippen molar-refractivity contribution in [2.45, 2.75) is 25.9 Å². The van der Waals surface area contributed by atoms with Crippen LogP contribution < -0.4 is 10.1 Å². The van der Waals surface area contributed by atoms with Crippen molar-refractivity contribution in [1.82, 2.24) is 15.1 Å². The lowest BCUT2D eigenvalue weighted by Gasteiger charge is -2.32. The van der Waals surface area contributed by atoms with Gasteiger partial charge in [-0.1, -0.05) is 6.92 Å². The second-order valence-corrected chi connectivity index (χ2v) is 6.26. The number of likely N-dealkylation sites (N-methyl/N-ethyl adjacent to an activating group) is 1. The molecule has 0 bridgehead atoms. The molecule has 1 saturated heterocycles. The summed E-state index contributed by atoms with van der Waals surface area (Å²) in [6, 6.07) is 5.74. The zero-order valence-electron chi connectivity index (χ0n) is 14.6. The third-order valence-electron chi connectivity index (χ3n) is 4.30. The minimum absolute atomic E-state index is 0.111. The van der Waals surface area contributed by atoms with Crippen LogP contribution in [-0.2, 0) is 4.79 Å². The predicted octanol–water partition coefficient (Wildman–Crippen LogP) is 1.74. The molecule has 1 aromatic carbocycles. The van der Waals surface area contributed by atoms with Crippen molar-refractivity contribution in [3.05, 3.63) is 30.1 Å². The first kappa shape index (κ1) is 18.7. The molecule has 2 rings (SSSR count). The van der Waals surface area contributed by atoms with Gasteiger partial charge in [-0.2, -0.15) is 0 Å². The quantitative estimate of drug-likeness (QED) is 0.734. The molecule has 1 N–H and O–H groups in total. The van der Waals surface area contributed by atoms with Crippen LogP contribution in [-0.4, -0.2) is 68.1 Å². The van der Waals surface area contributed by atoms with Crippen molar-refractivity contribution in [2.24, 2.45) is 0 Å². The van der Waals surface area contributed by atoms with Crippen molar-refractivity contribution in [3.63, 3.8) is 0 Å². The molecule has 0 spiro atoms. The van der Waals surface area contributed by atoms with E-state index in [0.29, 0.717) is 18.7 Å². The Bertz CT molecular complexity index is 501. The van der Waals surface area contributed by atoms with Crippen LogP contribution >= 0.6 is 0 Å². The van der Waals surface area contributed by atoms with E-state index < -0.39 is 6.10 Å². The molecule has 0 radical (unpaired) electrons. The third-order valence-corrected chi connectivity index (χ3v) is 4.30. The van der Waals surface area contributed by atoms with Gasteiger partial charge in [0.05, 0.1) is 0 Å². The Morgan fingerprint density at radius 2 is 1.92 bits per heavy atom. The molecule has 24 heavy (non-hydrogen) atoms. The normalized spacial score (nSPS) is 17.5. The second kappa shape index (κ2) is 9.59. The number of halogens is 1. The van der Waals surface area contributed by atoms with Crippen LogP contribution in [0.5, 0.6) is 5.75 Å². The summed E-state index contributed by atoms with van der Waals surface area (Å²) in [5.41, 5.74) is 0. The number of nitrogens with zero attached hydrogens (tertiary/aromatic N) is 2. The van der Waals surface area contributed by atoms with Crippen LogP contribution in [0.25, 0.3) is 0 Å². The molecular weight excluding hydrogens is 309 g/mol. The van der Waals surface area contributed by atoms with Crippen LogP contribution in [0, 0.1) is 5.82 Å². The molecule has 5 nitrogen and oxygen atoms in total. The number of amides is 1. The summed E-state index contributed by atoms with van der Waals surface area (Å²) < 4.78 is 18.5. The van der Waals surface area contributed by atoms with Crippen LogP contribution in [0.3, 0.4) is 0 Å². The van der Waals surface area contributed by atoms with Gasteiger partial charge in [0.25, 0.3) is 5.91 Å². The summed E-state index contributed by atoms with van der Waals surface area (Å²) in [7, 11) is 2.14. The summed E-state index contributed by atoms with van der Waals surface area (Å²) in [6.45, 7) is 7.95. The van der Waals surface area contributed by atoms with Gasteiger partial charge in [-0.25, -0.2) is 4.39 Å². The van der Waals surface area contributed by atoms with Crippen molar-refractivity contribution in [2.75, 3.05) is 46.3 Å². The maximum absolute atomic E-state index is 12.9. The first-order valence-corrected chi connectivity index (χ1v) is 8.69. The lowest BCUT2D eigenvalue weighted by molar-refractivity contribution is -0.128. The molecule has 1 aromatic rings. The first-order chi connectivity index (χ1) is 11.6. The molecule has 6 heteroatoms. The van der Waals surface area contributed by atoms with Crippen molar-refractivity contribution >= 4 is 5.91 Å². The largest absolute Gasteiger partial charge is 0.481 e. The molecular formula is C18H28FN3O2. The molecule has 134 valence electrons. The van der Waals surface area contributed by atoms with Crippen LogP contribution in [0.15, 0.2) is 24.3 Å². The highest BCUT2D eigenvalue weighted by molar-refractivity contribution is 5.81. The highest BCUT2D eigenvalue weighted by atomic mass is 19.1. The number of hydrogen-bond acceptors (Lipinski definition) is 4. The van der Waals surface area contributed by atoms with Crippen LogP contribution in [0.2, 0.25) is 0 Å². The van der Waals surface area contributed by atoms with Crippen molar-refractivity contribution < 1.29 is 13.9 Å². The van der Waals surface area contributed by atoms with E-state index in [1.165, 1.54) is 12.1 Å². The van der Waals surface area contributed by atoms with Gasteiger partial charge in [0.15, 0.2) is 6.10 Å². The molecule has 1 aliphatic rings. The standard InChI is InChI=1S/C18H28FN3O2/c1-3-17(24-16-7-5-15(19)6-8-16)18(23)20-9-4-10-22-13-11-21(2)12-14-22/h5-8,17H,3-4,9-14H2,1-2H3,(H,20,23)/t17-/m1/s1. The summed E-state index contributed by atoms with van der Waals surface area (Å²) >= 11 is 0. The SMILES string of the molecule is CC[C@@H](Oc1ccc(F)cc1)C(=O)NCCCN1CCN(C)CC1. The molecule has 0 saturated carbocycles. The molecule has 1 aliphatic heterocycles. The van der Waals surface area contributed by atoms with E-state index in [0.717, 1.165) is 39.1 Å². The van der Waals surface area contributed by atoms with E-state index in [1.54, 1.807) is 12.1 Å². The number of ether oxygens (including phenoxy) is 1. The molecule has 1 fully saturated rings. The Morgan fingerprint density at radius 1 is 1.25 bits per heavy atom. The van der Waals surface area contributed by atoms with Gasteiger partial charge >= 0.3 is 0 Å². The Hall–Kier alpha value is -1.66. The number of rotatable bonds is 8. The minimum atomic E-state index is -0.543. The van der Waals surface area contributed by atoms with Crippen LogP contribution in [0.4, 0.5) is 4.39 Å². The molecule has 0 aliphatic carbocycles. The maximum atomic E-state index is 12.9. The van der Waals surface area contributed by atoms with Gasteiger partial charge in [0.1, 0.15) is 11.6 Å². The van der Waals surface area contributed by atoms with Gasteiger partial charge in [0.2, 0.25) is 0 Å². The third kappa shape index (κ3) is 6.09. The zero-order chi connectivity index (χ0) is 17.4. The van der Waals surface area contributed by atoms with Gasteiger partial charge in [-0.05, 0) is 50.7 Å². The average molecular weight is 337 g/mol. The molecule has 0 aromatic heterocycles. The zero-order valence-corrected chi connectivity index (χ0v) is 14.6. The fourth-order valence-corrected chi connectivity index (χ4v) is 2.70. The minimum Gasteiger partial charge on any atom is -0.481 e. The summed E-state index contributed by atoms with van der Waals surface area (Å²) in [4.78, 5) is 17.0. The van der Waals surface area contributed by atoms with Crippen molar-refractivity contribution in [3.8, 4) is 5.75 Å². The molecule has 0 unspecified atom stereocenters. The van der Waals surface area contributed by atoms with Crippen molar-refractivity contribution in [1.29, 1.82) is 0 Å². The van der Waals surface area contributed by atoms with Crippen LogP contribution in [0.1, 0.15) is 19.8 Å². The Labute approximate surface area is 143 Å². The molecule has 1 heterocycles. The smallest absolute Gasteiger partial charge is 0.261 e. The number of piperazine rings is 1. The highest BCUT2D eigenvalue weighted by Gasteiger charge is 2.18. The monoisotopic (exact) mass is 337 g/mol.